The van der Waals surface area contributed by atoms with Crippen molar-refractivity contribution < 1.29 is 8.42 Å². The number of hydrogen-bond acceptors (Lipinski definition) is 2. The number of benzene rings is 5. The van der Waals surface area contributed by atoms with Crippen LogP contribution >= 0.6 is 0 Å². The standard InChI is InChI=1S/C32H27NO2S2/c1-22-11-17-27(18-12-22)36(34)30-10-6-5-9-29(30)32-31(26-16-15-24-7-3-4-8-25(24)21-26)33(32)37(35)28-19-13-23(2)14-20-28/h3-21,31-32H,1-2H3/t31-,32-,33?,36-,37-/m0/s1. The summed E-state index contributed by atoms with van der Waals surface area (Å²) in [5.74, 6) is 0. The molecule has 1 aliphatic rings. The van der Waals surface area contributed by atoms with Gasteiger partial charge in [-0.2, -0.15) is 0 Å². The van der Waals surface area contributed by atoms with Crippen LogP contribution in [0.2, 0.25) is 0 Å². The highest BCUT2D eigenvalue weighted by Gasteiger charge is 2.54. The van der Waals surface area contributed by atoms with Crippen LogP contribution in [0.4, 0.5) is 0 Å². The van der Waals surface area contributed by atoms with E-state index in [2.05, 4.69) is 30.3 Å². The van der Waals surface area contributed by atoms with Gasteiger partial charge in [0, 0.05) is 9.79 Å². The fraction of sp³-hybridized carbons (Fsp3) is 0.125. The van der Waals surface area contributed by atoms with Crippen molar-refractivity contribution in [2.45, 2.75) is 40.6 Å². The van der Waals surface area contributed by atoms with Gasteiger partial charge in [-0.3, -0.25) is 0 Å². The molecule has 5 aromatic carbocycles. The van der Waals surface area contributed by atoms with Gasteiger partial charge in [0.1, 0.15) is 11.0 Å². The molecular formula is C32H27NO2S2. The average Bonchev–Trinajstić information content (AvgIpc) is 3.68. The number of rotatable bonds is 6. The van der Waals surface area contributed by atoms with Crippen LogP contribution in [0.15, 0.2) is 130 Å². The van der Waals surface area contributed by atoms with E-state index in [1.54, 1.807) is 0 Å². The number of fused-ring (bicyclic) bond motifs is 1. The lowest BCUT2D eigenvalue weighted by Gasteiger charge is -2.10. The van der Waals surface area contributed by atoms with E-state index in [0.29, 0.717) is 0 Å². The van der Waals surface area contributed by atoms with Crippen LogP contribution in [-0.4, -0.2) is 12.7 Å². The van der Waals surface area contributed by atoms with Crippen molar-refractivity contribution in [3.63, 3.8) is 0 Å². The van der Waals surface area contributed by atoms with Crippen molar-refractivity contribution >= 4 is 32.6 Å². The molecule has 1 saturated heterocycles. The molecule has 0 aliphatic carbocycles. The lowest BCUT2D eigenvalue weighted by Crippen LogP contribution is -2.06. The monoisotopic (exact) mass is 521 g/mol. The summed E-state index contributed by atoms with van der Waals surface area (Å²) >= 11 is 0. The van der Waals surface area contributed by atoms with Crippen molar-refractivity contribution in [1.29, 1.82) is 0 Å². The Hall–Kier alpha value is -3.38. The normalized spacial score (nSPS) is 20.4. The predicted molar refractivity (Wildman–Crippen MR) is 151 cm³/mol. The summed E-state index contributed by atoms with van der Waals surface area (Å²) in [6, 6.07) is 38.1. The number of hydrogen-bond donors (Lipinski definition) is 0. The second-order valence-corrected chi connectivity index (χ2v) is 12.4. The van der Waals surface area contributed by atoms with Gasteiger partial charge in [0.05, 0.1) is 27.8 Å². The van der Waals surface area contributed by atoms with Crippen LogP contribution in [0.1, 0.15) is 34.3 Å². The van der Waals surface area contributed by atoms with Gasteiger partial charge in [0.25, 0.3) is 0 Å². The van der Waals surface area contributed by atoms with Crippen molar-refractivity contribution in [1.82, 2.24) is 4.31 Å². The maximum Gasteiger partial charge on any atom is 0.128 e. The van der Waals surface area contributed by atoms with Gasteiger partial charge in [-0.15, -0.1) is 0 Å². The lowest BCUT2D eigenvalue weighted by atomic mass is 10.0. The minimum Gasteiger partial charge on any atom is -0.249 e. The van der Waals surface area contributed by atoms with E-state index >= 15 is 0 Å². The van der Waals surface area contributed by atoms with Gasteiger partial charge >= 0.3 is 0 Å². The van der Waals surface area contributed by atoms with Gasteiger partial charge < -0.3 is 0 Å². The fourth-order valence-corrected chi connectivity index (χ4v) is 7.58. The fourth-order valence-electron chi connectivity index (χ4n) is 4.90. The quantitative estimate of drug-likeness (QED) is 0.218. The van der Waals surface area contributed by atoms with Crippen LogP contribution in [0.5, 0.6) is 0 Å². The van der Waals surface area contributed by atoms with Crippen LogP contribution < -0.4 is 0 Å². The van der Waals surface area contributed by atoms with E-state index in [9.17, 15) is 8.42 Å². The van der Waals surface area contributed by atoms with Crippen LogP contribution in [-0.2, 0) is 21.8 Å². The number of nitrogens with zero attached hydrogens (tertiary/aromatic N) is 1. The van der Waals surface area contributed by atoms with Crippen molar-refractivity contribution in [2.75, 3.05) is 0 Å². The molecule has 184 valence electrons. The largest absolute Gasteiger partial charge is 0.249 e. The van der Waals surface area contributed by atoms with Crippen molar-refractivity contribution in [2.24, 2.45) is 0 Å². The van der Waals surface area contributed by atoms with Gasteiger partial charge in [0.15, 0.2) is 0 Å². The predicted octanol–water partition coefficient (Wildman–Crippen LogP) is 7.44. The van der Waals surface area contributed by atoms with Gasteiger partial charge in [-0.1, -0.05) is 90.0 Å². The molecule has 5 aromatic rings. The topological polar surface area (TPSA) is 37.1 Å². The molecule has 1 aliphatic heterocycles. The Labute approximate surface area is 222 Å². The zero-order chi connectivity index (χ0) is 25.5. The Bertz CT molecular complexity index is 1640. The SMILES string of the molecule is Cc1ccc([S@](=O)c2ccccc2[C@H]2[C@H](c3ccc4ccccc4c3)N2[S@@](=O)c2ccc(C)cc2)cc1. The molecule has 0 bridgehead atoms. The molecule has 37 heavy (non-hydrogen) atoms. The van der Waals surface area contributed by atoms with Gasteiger partial charge in [0.2, 0.25) is 0 Å². The molecule has 0 saturated carbocycles. The molecule has 0 spiro atoms. The lowest BCUT2D eigenvalue weighted by molar-refractivity contribution is 0.637. The molecule has 0 amide bonds. The van der Waals surface area contributed by atoms with Crippen LogP contribution in [0.25, 0.3) is 10.8 Å². The second-order valence-electron chi connectivity index (χ2n) is 9.54. The van der Waals surface area contributed by atoms with Crippen molar-refractivity contribution in [3.8, 4) is 0 Å². The highest BCUT2D eigenvalue weighted by Crippen LogP contribution is 2.58. The Kier molecular flexibility index (Phi) is 6.37. The summed E-state index contributed by atoms with van der Waals surface area (Å²) in [6.45, 7) is 4.05. The van der Waals surface area contributed by atoms with Crippen LogP contribution in [0, 0.1) is 13.8 Å². The molecule has 1 heterocycles. The summed E-state index contributed by atoms with van der Waals surface area (Å²) in [6.07, 6.45) is 0. The van der Waals surface area contributed by atoms with E-state index < -0.39 is 21.8 Å². The first kappa shape index (κ1) is 24.0. The first-order valence-electron chi connectivity index (χ1n) is 12.3. The highest BCUT2D eigenvalue weighted by molar-refractivity contribution is 7.85. The smallest absolute Gasteiger partial charge is 0.128 e. The molecule has 0 radical (unpaired) electrons. The summed E-state index contributed by atoms with van der Waals surface area (Å²) < 4.78 is 29.7. The van der Waals surface area contributed by atoms with E-state index in [0.717, 1.165) is 42.3 Å². The van der Waals surface area contributed by atoms with Crippen LogP contribution in [0.3, 0.4) is 0 Å². The minimum absolute atomic E-state index is 0.0806. The molecule has 1 unspecified atom stereocenters. The first-order valence-corrected chi connectivity index (χ1v) is 14.6. The third-order valence-electron chi connectivity index (χ3n) is 6.96. The third kappa shape index (κ3) is 4.59. The van der Waals surface area contributed by atoms with E-state index in [4.69, 9.17) is 0 Å². The molecule has 1 fully saturated rings. The molecule has 3 nitrogen and oxygen atoms in total. The van der Waals surface area contributed by atoms with E-state index in [-0.39, 0.29) is 12.1 Å². The summed E-state index contributed by atoms with van der Waals surface area (Å²) in [4.78, 5) is 2.31. The molecule has 5 atom stereocenters. The van der Waals surface area contributed by atoms with E-state index in [1.165, 1.54) is 5.39 Å². The zero-order valence-electron chi connectivity index (χ0n) is 20.7. The molecule has 5 heteroatoms. The van der Waals surface area contributed by atoms with Gasteiger partial charge in [-0.25, -0.2) is 12.7 Å². The van der Waals surface area contributed by atoms with Crippen molar-refractivity contribution in [3.05, 3.63) is 138 Å². The molecule has 0 aromatic heterocycles. The highest BCUT2D eigenvalue weighted by atomic mass is 32.2. The maximum atomic E-state index is 13.9. The first-order chi connectivity index (χ1) is 18.0. The second kappa shape index (κ2) is 9.82. The third-order valence-corrected chi connectivity index (χ3v) is 9.94. The Morgan fingerprint density at radius 3 is 1.89 bits per heavy atom. The maximum absolute atomic E-state index is 13.9. The Morgan fingerprint density at radius 1 is 0.595 bits per heavy atom. The summed E-state index contributed by atoms with van der Waals surface area (Å²) in [7, 11) is -2.70. The van der Waals surface area contributed by atoms with Gasteiger partial charge in [-0.05, 0) is 72.1 Å². The Balaban J connectivity index is 1.44. The molecular weight excluding hydrogens is 494 g/mol. The Morgan fingerprint density at radius 2 is 1.19 bits per heavy atom. The number of aryl methyl sites for hydroxylation is 2. The molecule has 0 N–H and O–H groups in total. The van der Waals surface area contributed by atoms with E-state index in [1.807, 2.05) is 103 Å². The summed E-state index contributed by atoms with van der Waals surface area (Å²) in [5, 5.41) is 2.33. The summed E-state index contributed by atoms with van der Waals surface area (Å²) in [5.41, 5.74) is 4.33. The zero-order valence-corrected chi connectivity index (χ0v) is 22.3. The minimum atomic E-state index is -1.36. The average molecular weight is 522 g/mol. The molecule has 6 rings (SSSR count).